The van der Waals surface area contributed by atoms with E-state index < -0.39 is 0 Å². The highest BCUT2D eigenvalue weighted by atomic mass is 15.1. The van der Waals surface area contributed by atoms with E-state index in [1.807, 2.05) is 0 Å². The molecule has 0 spiro atoms. The molecule has 250 valence electrons. The Kier molecular flexibility index (Phi) is 5.98. The topological polar surface area (TPSA) is 8.17 Å². The van der Waals surface area contributed by atoms with Gasteiger partial charge in [0.25, 0.3) is 0 Å². The minimum Gasteiger partial charge on any atom is -0.310 e. The first-order valence-electron chi connectivity index (χ1n) is 19.3. The fourth-order valence-corrected chi connectivity index (χ4v) is 12.2. The van der Waals surface area contributed by atoms with Gasteiger partial charge >= 0.3 is 0 Å². The summed E-state index contributed by atoms with van der Waals surface area (Å²) in [7, 11) is 0. The molecule has 0 N–H and O–H groups in total. The van der Waals surface area contributed by atoms with Crippen molar-refractivity contribution < 1.29 is 0 Å². The van der Waals surface area contributed by atoms with Gasteiger partial charge in [0.15, 0.2) is 0 Å². The third-order valence-corrected chi connectivity index (χ3v) is 14.0. The van der Waals surface area contributed by atoms with Crippen LogP contribution < -0.4 is 4.90 Å². The van der Waals surface area contributed by atoms with Gasteiger partial charge in [-0.25, -0.2) is 0 Å². The summed E-state index contributed by atoms with van der Waals surface area (Å²) in [6.07, 6.45) is 5.75. The molecule has 4 fully saturated rings. The van der Waals surface area contributed by atoms with Gasteiger partial charge in [-0.15, -0.1) is 0 Å². The predicted octanol–water partition coefficient (Wildman–Crippen LogP) is 13.0. The molecule has 2 nitrogen and oxygen atoms in total. The quantitative estimate of drug-likeness (QED) is 0.171. The van der Waals surface area contributed by atoms with Crippen LogP contribution in [-0.4, -0.2) is 4.57 Å². The average molecular weight is 669 g/mol. The van der Waals surface area contributed by atoms with E-state index >= 15 is 0 Å². The molecule has 0 aliphatic heterocycles. The standard InChI is InChI=1S/C50H40N2/c1-2-13-37(14-3-1)51(45-21-11-8-18-42(45)50-30-35-28-34-29-36(31-50)49(50)47(34)35)38-25-22-33(23-26-38)39-15-6-9-19-43(39)52-44-20-10-7-17-41(44)48-40-16-5-4-12-32(40)24-27-46(48)52/h1-27,34-36,47,49H,28-31H2/t34-,35?,36?,47+,49?,50-/m1/s1. The Balaban J connectivity index is 0.992. The minimum absolute atomic E-state index is 0.349. The predicted molar refractivity (Wildman–Crippen MR) is 216 cm³/mol. The van der Waals surface area contributed by atoms with Gasteiger partial charge in [-0.1, -0.05) is 115 Å². The van der Waals surface area contributed by atoms with Crippen LogP contribution in [0, 0.1) is 29.6 Å². The van der Waals surface area contributed by atoms with Gasteiger partial charge in [0.05, 0.1) is 16.7 Å². The maximum absolute atomic E-state index is 2.54. The Morgan fingerprint density at radius 3 is 2.12 bits per heavy atom. The summed E-state index contributed by atoms with van der Waals surface area (Å²) in [6, 6.07) is 61.0. The van der Waals surface area contributed by atoms with E-state index in [9.17, 15) is 0 Å². The highest BCUT2D eigenvalue weighted by molar-refractivity contribution is 6.21. The van der Waals surface area contributed by atoms with Crippen molar-refractivity contribution in [3.05, 3.63) is 169 Å². The molecule has 1 heterocycles. The van der Waals surface area contributed by atoms with Crippen molar-refractivity contribution in [3.8, 4) is 16.8 Å². The van der Waals surface area contributed by atoms with Gasteiger partial charge in [-0.2, -0.15) is 0 Å². The average Bonchev–Trinajstić information content (AvgIpc) is 3.72. The van der Waals surface area contributed by atoms with E-state index in [0.717, 1.165) is 29.6 Å². The highest BCUT2D eigenvalue weighted by Crippen LogP contribution is 2.79. The smallest absolute Gasteiger partial charge is 0.0547 e. The van der Waals surface area contributed by atoms with Crippen molar-refractivity contribution in [2.45, 2.75) is 31.1 Å². The number of fused-ring (bicyclic) bond motifs is 5. The van der Waals surface area contributed by atoms with Crippen molar-refractivity contribution in [3.63, 3.8) is 0 Å². The van der Waals surface area contributed by atoms with Crippen molar-refractivity contribution in [1.29, 1.82) is 0 Å². The lowest BCUT2D eigenvalue weighted by atomic mass is 9.53. The number of anilines is 3. The number of nitrogens with zero attached hydrogens (tertiary/aromatic N) is 2. The summed E-state index contributed by atoms with van der Waals surface area (Å²) < 4.78 is 2.47. The third kappa shape index (κ3) is 3.85. The zero-order valence-corrected chi connectivity index (χ0v) is 29.2. The molecular weight excluding hydrogens is 629 g/mol. The fraction of sp³-hybridized carbons (Fsp3) is 0.200. The molecule has 4 aliphatic carbocycles. The van der Waals surface area contributed by atoms with Gasteiger partial charge in [-0.05, 0) is 126 Å². The van der Waals surface area contributed by atoms with Crippen molar-refractivity contribution in [2.24, 2.45) is 29.6 Å². The number of hydrogen-bond donors (Lipinski definition) is 0. The van der Waals surface area contributed by atoms with Gasteiger partial charge in [-0.3, -0.25) is 0 Å². The van der Waals surface area contributed by atoms with Crippen LogP contribution in [0.4, 0.5) is 17.1 Å². The second kappa shape index (κ2) is 10.7. The third-order valence-electron chi connectivity index (χ3n) is 14.0. The van der Waals surface area contributed by atoms with Crippen LogP contribution in [0.25, 0.3) is 49.4 Å². The normalized spacial score (nSPS) is 25.3. The first kappa shape index (κ1) is 29.0. The number of benzene rings is 7. The van der Waals surface area contributed by atoms with Gasteiger partial charge in [0.1, 0.15) is 0 Å². The molecule has 8 aromatic rings. The molecule has 0 bridgehead atoms. The maximum Gasteiger partial charge on any atom is 0.0547 e. The molecule has 4 saturated carbocycles. The number of rotatable bonds is 6. The first-order valence-corrected chi connectivity index (χ1v) is 19.3. The van der Waals surface area contributed by atoms with E-state index in [1.54, 1.807) is 5.56 Å². The van der Waals surface area contributed by atoms with Gasteiger partial charge < -0.3 is 9.47 Å². The van der Waals surface area contributed by atoms with Crippen molar-refractivity contribution in [1.82, 2.24) is 4.57 Å². The Morgan fingerprint density at radius 1 is 0.519 bits per heavy atom. The van der Waals surface area contributed by atoms with Crippen molar-refractivity contribution in [2.75, 3.05) is 4.90 Å². The highest BCUT2D eigenvalue weighted by Gasteiger charge is 2.73. The Hall–Kier alpha value is -5.60. The number of para-hydroxylation sites is 4. The van der Waals surface area contributed by atoms with E-state index in [0.29, 0.717) is 5.41 Å². The van der Waals surface area contributed by atoms with Crippen LogP contribution in [0.3, 0.4) is 0 Å². The van der Waals surface area contributed by atoms with E-state index in [4.69, 9.17) is 0 Å². The number of hydrogen-bond acceptors (Lipinski definition) is 1. The zero-order chi connectivity index (χ0) is 34.0. The summed E-state index contributed by atoms with van der Waals surface area (Å²) in [5, 5.41) is 5.18. The summed E-state index contributed by atoms with van der Waals surface area (Å²) >= 11 is 0. The summed E-state index contributed by atoms with van der Waals surface area (Å²) in [4.78, 5) is 2.54. The SMILES string of the molecule is c1ccc(N(c2ccc(-c3ccccc3-n3c4ccccc4c4c5ccccc5ccc43)cc2)c2ccccc2[C@]23CC4C[C@H]5CC(C2)[C@H]5C43)cc1. The zero-order valence-electron chi connectivity index (χ0n) is 29.2. The molecule has 1 aromatic heterocycles. The van der Waals surface area contributed by atoms with E-state index in [2.05, 4.69) is 173 Å². The Morgan fingerprint density at radius 2 is 1.21 bits per heavy atom. The molecule has 2 heteroatoms. The second-order valence-electron chi connectivity index (χ2n) is 16.2. The van der Waals surface area contributed by atoms with Crippen LogP contribution >= 0.6 is 0 Å². The summed E-state index contributed by atoms with van der Waals surface area (Å²) in [6.45, 7) is 0. The monoisotopic (exact) mass is 668 g/mol. The minimum atomic E-state index is 0.349. The molecule has 7 aromatic carbocycles. The molecular formula is C50H40N2. The van der Waals surface area contributed by atoms with E-state index in [1.165, 1.54) is 92.1 Å². The van der Waals surface area contributed by atoms with E-state index in [-0.39, 0.29) is 0 Å². The van der Waals surface area contributed by atoms with Crippen LogP contribution in [0.1, 0.15) is 31.2 Å². The first-order chi connectivity index (χ1) is 25.8. The van der Waals surface area contributed by atoms with Crippen LogP contribution in [0.15, 0.2) is 164 Å². The lowest BCUT2D eigenvalue weighted by Gasteiger charge is -2.52. The van der Waals surface area contributed by atoms with Gasteiger partial charge in [0, 0.05) is 38.8 Å². The molecule has 3 unspecified atom stereocenters. The van der Waals surface area contributed by atoms with Crippen LogP contribution in [0.2, 0.25) is 0 Å². The largest absolute Gasteiger partial charge is 0.310 e. The van der Waals surface area contributed by atoms with Gasteiger partial charge in [0.2, 0.25) is 0 Å². The lowest BCUT2D eigenvalue weighted by Crippen LogP contribution is -2.47. The Bertz CT molecular complexity index is 2690. The maximum atomic E-state index is 2.54. The summed E-state index contributed by atoms with van der Waals surface area (Å²) in [5.74, 6) is 4.80. The molecule has 12 rings (SSSR count). The lowest BCUT2D eigenvalue weighted by molar-refractivity contribution is 0.0688. The van der Waals surface area contributed by atoms with Crippen LogP contribution in [0.5, 0.6) is 0 Å². The molecule has 0 radical (unpaired) electrons. The summed E-state index contributed by atoms with van der Waals surface area (Å²) in [5.41, 5.74) is 11.8. The molecule has 4 aliphatic rings. The van der Waals surface area contributed by atoms with Crippen molar-refractivity contribution >= 4 is 49.6 Å². The fourth-order valence-electron chi connectivity index (χ4n) is 12.2. The second-order valence-corrected chi connectivity index (χ2v) is 16.2. The van der Waals surface area contributed by atoms with Crippen LogP contribution in [-0.2, 0) is 5.41 Å². The molecule has 0 amide bonds. The molecule has 52 heavy (non-hydrogen) atoms. The Labute approximate surface area is 305 Å². The number of aromatic nitrogens is 1. The molecule has 0 saturated heterocycles. The molecule has 6 atom stereocenters.